The van der Waals surface area contributed by atoms with Gasteiger partial charge in [-0.2, -0.15) is 0 Å². The van der Waals surface area contributed by atoms with E-state index in [-0.39, 0.29) is 11.8 Å². The molecule has 39 heavy (non-hydrogen) atoms. The highest BCUT2D eigenvalue weighted by Gasteiger charge is 2.25. The summed E-state index contributed by atoms with van der Waals surface area (Å²) in [6.45, 7) is 8.02. The van der Waals surface area contributed by atoms with Gasteiger partial charge in [-0.25, -0.2) is 4.98 Å². The van der Waals surface area contributed by atoms with E-state index in [0.29, 0.717) is 31.2 Å². The van der Waals surface area contributed by atoms with Gasteiger partial charge in [-0.05, 0) is 80.6 Å². The number of H-pyrrole nitrogens is 1. The third-order valence-electron chi connectivity index (χ3n) is 8.02. The van der Waals surface area contributed by atoms with Gasteiger partial charge in [-0.15, -0.1) is 0 Å². The van der Waals surface area contributed by atoms with Crippen molar-refractivity contribution in [2.75, 3.05) is 31.2 Å². The van der Waals surface area contributed by atoms with Gasteiger partial charge >= 0.3 is 0 Å². The second-order valence-corrected chi connectivity index (χ2v) is 11.0. The van der Waals surface area contributed by atoms with Crippen LogP contribution in [0.4, 0.5) is 5.69 Å². The van der Waals surface area contributed by atoms with Crippen LogP contribution in [-0.2, 0) is 22.6 Å². The number of aryl methyl sites for hydroxylation is 1. The number of aromatic amines is 1. The molecule has 0 saturated carbocycles. The van der Waals surface area contributed by atoms with E-state index in [0.717, 1.165) is 79.1 Å². The standard InChI is InChI=1S/C31H41N5O3/c1-22-8-10-27-28(18-22)34-30(33-27)20-32-31(38)24-9-11-29-25(19-24)21-35(26-12-16-39-17-13-26)14-6-4-3-5-7-15-36(29)23(2)37/h8-11,18-19,26H,3-7,12-17,20-21H2,1-2H3,(H,32,38)(H,33,34). The second kappa shape index (κ2) is 12.7. The van der Waals surface area contributed by atoms with E-state index in [1.54, 1.807) is 6.92 Å². The Balaban J connectivity index is 1.39. The van der Waals surface area contributed by atoms with Crippen LogP contribution in [0.15, 0.2) is 36.4 Å². The first-order valence-electron chi connectivity index (χ1n) is 14.4. The zero-order valence-electron chi connectivity index (χ0n) is 23.3. The highest BCUT2D eigenvalue weighted by Crippen LogP contribution is 2.28. The molecule has 0 spiro atoms. The Morgan fingerprint density at radius 3 is 2.59 bits per heavy atom. The van der Waals surface area contributed by atoms with Crippen molar-refractivity contribution in [1.29, 1.82) is 0 Å². The molecule has 1 saturated heterocycles. The number of amides is 2. The van der Waals surface area contributed by atoms with Crippen LogP contribution in [0.1, 0.15) is 79.2 Å². The highest BCUT2D eigenvalue weighted by atomic mass is 16.5. The molecule has 0 unspecified atom stereocenters. The average molecular weight is 532 g/mol. The molecule has 2 amide bonds. The van der Waals surface area contributed by atoms with Crippen molar-refractivity contribution in [3.8, 4) is 0 Å². The maximum Gasteiger partial charge on any atom is 0.251 e. The quantitative estimate of drug-likeness (QED) is 0.489. The van der Waals surface area contributed by atoms with Crippen LogP contribution in [0, 0.1) is 6.92 Å². The van der Waals surface area contributed by atoms with Gasteiger partial charge < -0.3 is 19.9 Å². The summed E-state index contributed by atoms with van der Waals surface area (Å²) in [5.74, 6) is 0.625. The number of carbonyl (C=O) groups excluding carboxylic acids is 2. The molecule has 0 aliphatic carbocycles. The molecule has 3 aromatic rings. The zero-order chi connectivity index (χ0) is 27.2. The first-order valence-corrected chi connectivity index (χ1v) is 14.4. The van der Waals surface area contributed by atoms with Crippen LogP contribution < -0.4 is 10.2 Å². The maximum absolute atomic E-state index is 13.3. The minimum absolute atomic E-state index is 0.0447. The molecule has 1 aromatic heterocycles. The Kier molecular flexibility index (Phi) is 8.94. The predicted octanol–water partition coefficient (Wildman–Crippen LogP) is 5.10. The van der Waals surface area contributed by atoms with Crippen molar-refractivity contribution in [2.45, 2.75) is 77.9 Å². The molecule has 8 heteroatoms. The Labute approximate surface area is 231 Å². The van der Waals surface area contributed by atoms with E-state index >= 15 is 0 Å². The fourth-order valence-corrected chi connectivity index (χ4v) is 5.87. The second-order valence-electron chi connectivity index (χ2n) is 11.0. The van der Waals surface area contributed by atoms with E-state index in [4.69, 9.17) is 4.74 Å². The number of hydrogen-bond donors (Lipinski definition) is 2. The Morgan fingerprint density at radius 2 is 1.79 bits per heavy atom. The number of hydrogen-bond acceptors (Lipinski definition) is 5. The van der Waals surface area contributed by atoms with Crippen molar-refractivity contribution >= 4 is 28.5 Å². The van der Waals surface area contributed by atoms with E-state index in [2.05, 4.69) is 26.3 Å². The number of ether oxygens (including phenoxy) is 1. The first kappa shape index (κ1) is 27.3. The molecule has 2 aromatic carbocycles. The van der Waals surface area contributed by atoms with Gasteiger partial charge in [0.15, 0.2) is 0 Å². The van der Waals surface area contributed by atoms with Crippen LogP contribution in [0.3, 0.4) is 0 Å². The number of benzene rings is 2. The van der Waals surface area contributed by atoms with Gasteiger partial charge in [0.2, 0.25) is 5.91 Å². The van der Waals surface area contributed by atoms with Crippen molar-refractivity contribution in [1.82, 2.24) is 20.2 Å². The number of nitrogens with one attached hydrogen (secondary N) is 2. The summed E-state index contributed by atoms with van der Waals surface area (Å²) in [5, 5.41) is 3.03. The van der Waals surface area contributed by atoms with Crippen LogP contribution in [0.25, 0.3) is 11.0 Å². The molecule has 0 bridgehead atoms. The Hall–Kier alpha value is -3.23. The van der Waals surface area contributed by atoms with Gasteiger partial charge in [0.1, 0.15) is 5.82 Å². The van der Waals surface area contributed by atoms with E-state index in [1.807, 2.05) is 42.2 Å². The number of anilines is 1. The van der Waals surface area contributed by atoms with Crippen molar-refractivity contribution in [2.24, 2.45) is 0 Å². The lowest BCUT2D eigenvalue weighted by atomic mass is 10.0. The molecule has 5 rings (SSSR count). The number of nitrogens with zero attached hydrogens (tertiary/aromatic N) is 3. The lowest BCUT2D eigenvalue weighted by Crippen LogP contribution is -2.40. The predicted molar refractivity (Wildman–Crippen MR) is 154 cm³/mol. The number of fused-ring (bicyclic) bond motifs is 2. The highest BCUT2D eigenvalue weighted by molar-refractivity contribution is 5.97. The van der Waals surface area contributed by atoms with Gasteiger partial charge in [0.25, 0.3) is 5.91 Å². The largest absolute Gasteiger partial charge is 0.381 e. The van der Waals surface area contributed by atoms with E-state index < -0.39 is 0 Å². The molecule has 0 radical (unpaired) electrons. The summed E-state index contributed by atoms with van der Waals surface area (Å²) in [6.07, 6.45) is 7.72. The van der Waals surface area contributed by atoms with Crippen molar-refractivity contribution < 1.29 is 14.3 Å². The number of aromatic nitrogens is 2. The van der Waals surface area contributed by atoms with Crippen molar-refractivity contribution in [3.63, 3.8) is 0 Å². The van der Waals surface area contributed by atoms with Crippen LogP contribution >= 0.6 is 0 Å². The molecule has 2 N–H and O–H groups in total. The minimum atomic E-state index is -0.146. The SMILES string of the molecule is CC(=O)N1CCCCCCCN(C2CCOCC2)Cc2cc(C(=O)NCc3nc4ccc(C)cc4[nH]3)ccc21. The van der Waals surface area contributed by atoms with Crippen molar-refractivity contribution in [3.05, 3.63) is 58.9 Å². The Bertz CT molecular complexity index is 1300. The van der Waals surface area contributed by atoms with Gasteiger partial charge in [-0.1, -0.05) is 25.3 Å². The first-order chi connectivity index (χ1) is 19.0. The summed E-state index contributed by atoms with van der Waals surface area (Å²) < 4.78 is 5.64. The molecule has 208 valence electrons. The Morgan fingerprint density at radius 1 is 1.03 bits per heavy atom. The molecular weight excluding hydrogens is 490 g/mol. The van der Waals surface area contributed by atoms with Crippen LogP contribution in [0.5, 0.6) is 0 Å². The van der Waals surface area contributed by atoms with Gasteiger partial charge in [-0.3, -0.25) is 14.5 Å². The minimum Gasteiger partial charge on any atom is -0.381 e. The molecule has 0 atom stereocenters. The van der Waals surface area contributed by atoms with Crippen LogP contribution in [-0.4, -0.2) is 59.0 Å². The summed E-state index contributed by atoms with van der Waals surface area (Å²) in [6, 6.07) is 12.3. The maximum atomic E-state index is 13.3. The summed E-state index contributed by atoms with van der Waals surface area (Å²) in [5.41, 5.74) is 5.57. The molecule has 1 fully saturated rings. The fourth-order valence-electron chi connectivity index (χ4n) is 5.87. The zero-order valence-corrected chi connectivity index (χ0v) is 23.3. The topological polar surface area (TPSA) is 90.6 Å². The van der Waals surface area contributed by atoms with E-state index in [1.165, 1.54) is 19.3 Å². The smallest absolute Gasteiger partial charge is 0.251 e. The molecule has 8 nitrogen and oxygen atoms in total. The molecule has 2 aliphatic heterocycles. The normalized spacial score (nSPS) is 18.3. The molecule has 3 heterocycles. The third-order valence-corrected chi connectivity index (χ3v) is 8.02. The number of rotatable bonds is 4. The monoisotopic (exact) mass is 531 g/mol. The molecule has 2 aliphatic rings. The fraction of sp³-hybridized carbons (Fsp3) is 0.516. The summed E-state index contributed by atoms with van der Waals surface area (Å²) >= 11 is 0. The third kappa shape index (κ3) is 6.86. The van der Waals surface area contributed by atoms with Crippen LogP contribution in [0.2, 0.25) is 0 Å². The van der Waals surface area contributed by atoms with Gasteiger partial charge in [0.05, 0.1) is 17.6 Å². The summed E-state index contributed by atoms with van der Waals surface area (Å²) in [4.78, 5) is 38.4. The summed E-state index contributed by atoms with van der Waals surface area (Å²) in [7, 11) is 0. The average Bonchev–Trinajstić information content (AvgIpc) is 3.34. The van der Waals surface area contributed by atoms with Gasteiger partial charge in [0, 0.05) is 50.5 Å². The lowest BCUT2D eigenvalue weighted by Gasteiger charge is -2.36. The number of imidazole rings is 1. The van der Waals surface area contributed by atoms with E-state index in [9.17, 15) is 9.59 Å². The number of carbonyl (C=O) groups is 2. The molecular formula is C31H41N5O3. The lowest BCUT2D eigenvalue weighted by molar-refractivity contribution is -0.116.